The number of hydrogen-bond acceptors (Lipinski definition) is 7. The Morgan fingerprint density at radius 2 is 1.81 bits per heavy atom. The van der Waals surface area contributed by atoms with Crippen LogP contribution in [0.1, 0.15) is 6.42 Å². The van der Waals surface area contributed by atoms with E-state index in [-0.39, 0.29) is 0 Å². The van der Waals surface area contributed by atoms with Gasteiger partial charge in [0.15, 0.2) is 0 Å². The summed E-state index contributed by atoms with van der Waals surface area (Å²) in [5.41, 5.74) is 0. The third-order valence-corrected chi connectivity index (χ3v) is 0.740. The summed E-state index contributed by atoms with van der Waals surface area (Å²) >= 11 is 0. The molecule has 0 heterocycles. The van der Waals surface area contributed by atoms with Crippen molar-refractivity contribution in [3.63, 3.8) is 0 Å². The van der Waals surface area contributed by atoms with Crippen molar-refractivity contribution in [3.8, 4) is 0 Å². The normalized spacial score (nSPS) is 9.75. The first-order valence-corrected chi connectivity index (χ1v) is 5.11. The van der Waals surface area contributed by atoms with Gasteiger partial charge in [0.1, 0.15) is 0 Å². The summed E-state index contributed by atoms with van der Waals surface area (Å²) in [4.78, 5) is 0. The predicted octanol–water partition coefficient (Wildman–Crippen LogP) is -0.279. The van der Waals surface area contributed by atoms with Crippen molar-refractivity contribution in [2.24, 2.45) is 11.1 Å². The lowest BCUT2D eigenvalue weighted by molar-refractivity contribution is 0.177. The lowest BCUT2D eigenvalue weighted by Gasteiger charge is -1.93. The van der Waals surface area contributed by atoms with Gasteiger partial charge in [-0.2, -0.15) is 8.42 Å². The number of nitrogens with two attached hydrogens (primary N) is 1. The van der Waals surface area contributed by atoms with Gasteiger partial charge in [-0.05, 0) is 6.42 Å². The molecule has 0 bridgehead atoms. The van der Waals surface area contributed by atoms with Gasteiger partial charge < -0.3 is 15.2 Å². The predicted molar refractivity (Wildman–Crippen MR) is 56.1 cm³/mol. The fraction of sp³-hybridized carbons (Fsp3) is 0.500. The fourth-order valence-corrected chi connectivity index (χ4v) is 0.336. The molecule has 0 aromatic carbocycles. The van der Waals surface area contributed by atoms with Crippen LogP contribution in [0.25, 0.3) is 0 Å². The SMILES string of the molecule is C=CCCOCC=NO.NO.O=S(=O)(O)O. The van der Waals surface area contributed by atoms with E-state index in [0.29, 0.717) is 13.2 Å². The molecule has 0 rings (SSSR count). The highest BCUT2D eigenvalue weighted by Gasteiger charge is 1.84. The van der Waals surface area contributed by atoms with Crippen LogP contribution in [0, 0.1) is 0 Å². The van der Waals surface area contributed by atoms with Crippen LogP contribution in [0.5, 0.6) is 0 Å². The lowest BCUT2D eigenvalue weighted by Crippen LogP contribution is -1.95. The quantitative estimate of drug-likeness (QED) is 0.112. The Morgan fingerprint density at radius 1 is 1.38 bits per heavy atom. The van der Waals surface area contributed by atoms with Crippen molar-refractivity contribution in [1.82, 2.24) is 0 Å². The van der Waals surface area contributed by atoms with Gasteiger partial charge in [-0.25, -0.2) is 5.90 Å². The van der Waals surface area contributed by atoms with E-state index in [2.05, 4.69) is 17.6 Å². The van der Waals surface area contributed by atoms with Crippen LogP contribution in [0.15, 0.2) is 17.8 Å². The summed E-state index contributed by atoms with van der Waals surface area (Å²) in [6.07, 6.45) is 3.90. The molecule has 0 saturated heterocycles. The van der Waals surface area contributed by atoms with Crippen molar-refractivity contribution in [1.29, 1.82) is 0 Å². The number of rotatable bonds is 5. The molecule has 0 aliphatic rings. The Hall–Kier alpha value is -1.04. The zero-order valence-corrected chi connectivity index (χ0v) is 9.25. The minimum Gasteiger partial charge on any atom is -0.411 e. The van der Waals surface area contributed by atoms with Crippen LogP contribution in [-0.2, 0) is 15.1 Å². The van der Waals surface area contributed by atoms with Gasteiger partial charge in [0, 0.05) is 0 Å². The first kappa shape index (κ1) is 20.4. The molecule has 6 N–H and O–H groups in total. The molecule has 0 aromatic heterocycles. The molecule has 0 fully saturated rings. The van der Waals surface area contributed by atoms with E-state index in [4.69, 9.17) is 32.7 Å². The van der Waals surface area contributed by atoms with Gasteiger partial charge >= 0.3 is 10.4 Å². The minimum atomic E-state index is -4.67. The molecule has 0 aromatic rings. The Kier molecular flexibility index (Phi) is 20.9. The Labute approximate surface area is 93.4 Å². The Balaban J connectivity index is -0.000000205. The van der Waals surface area contributed by atoms with E-state index >= 15 is 0 Å². The molecule has 0 amide bonds. The zero-order chi connectivity index (χ0) is 13.4. The highest BCUT2D eigenvalue weighted by atomic mass is 32.3. The fourth-order valence-electron chi connectivity index (χ4n) is 0.336. The van der Waals surface area contributed by atoms with Gasteiger partial charge in [-0.1, -0.05) is 11.2 Å². The van der Waals surface area contributed by atoms with E-state index in [1.54, 1.807) is 6.08 Å². The smallest absolute Gasteiger partial charge is 0.394 e. The van der Waals surface area contributed by atoms with Crippen LogP contribution >= 0.6 is 0 Å². The molecule has 10 heteroatoms. The number of hydrogen-bond donors (Lipinski definition) is 5. The van der Waals surface area contributed by atoms with E-state index < -0.39 is 10.4 Å². The summed E-state index contributed by atoms with van der Waals surface area (Å²) in [5, 5.41) is 17.1. The van der Waals surface area contributed by atoms with Gasteiger partial charge in [0.2, 0.25) is 0 Å². The van der Waals surface area contributed by atoms with Crippen LogP contribution in [0.2, 0.25) is 0 Å². The first-order valence-electron chi connectivity index (χ1n) is 3.72. The molecule has 16 heavy (non-hydrogen) atoms. The van der Waals surface area contributed by atoms with E-state index in [9.17, 15) is 0 Å². The minimum absolute atomic E-state index is 0.365. The second-order valence-corrected chi connectivity index (χ2v) is 2.79. The van der Waals surface area contributed by atoms with Crippen molar-refractivity contribution >= 4 is 16.6 Å². The highest BCUT2D eigenvalue weighted by Crippen LogP contribution is 1.80. The molecule has 0 saturated carbocycles. The van der Waals surface area contributed by atoms with Crippen LogP contribution in [0.4, 0.5) is 0 Å². The van der Waals surface area contributed by atoms with Crippen molar-refractivity contribution in [3.05, 3.63) is 12.7 Å². The molecule has 0 aliphatic carbocycles. The van der Waals surface area contributed by atoms with Crippen molar-refractivity contribution in [2.45, 2.75) is 6.42 Å². The van der Waals surface area contributed by atoms with Crippen LogP contribution in [0.3, 0.4) is 0 Å². The molecular formula is C6H16N2O7S. The number of ether oxygens (including phenoxy) is 1. The molecular weight excluding hydrogens is 244 g/mol. The zero-order valence-electron chi connectivity index (χ0n) is 8.43. The summed E-state index contributed by atoms with van der Waals surface area (Å²) in [7, 11) is -4.67. The molecule has 0 atom stereocenters. The third kappa shape index (κ3) is 75.4. The lowest BCUT2D eigenvalue weighted by atomic mass is 10.5. The average molecular weight is 260 g/mol. The molecule has 0 radical (unpaired) electrons. The maximum atomic E-state index is 8.74. The van der Waals surface area contributed by atoms with Crippen molar-refractivity contribution in [2.75, 3.05) is 13.2 Å². The first-order chi connectivity index (χ1) is 7.41. The third-order valence-electron chi connectivity index (χ3n) is 0.740. The summed E-state index contributed by atoms with van der Waals surface area (Å²) in [6, 6.07) is 0. The second-order valence-electron chi connectivity index (χ2n) is 1.90. The summed E-state index contributed by atoms with van der Waals surface area (Å²) < 4.78 is 36.5. The van der Waals surface area contributed by atoms with E-state index in [1.165, 1.54) is 6.21 Å². The van der Waals surface area contributed by atoms with Gasteiger partial charge in [0.05, 0.1) is 19.4 Å². The van der Waals surface area contributed by atoms with Crippen LogP contribution < -0.4 is 5.90 Å². The maximum absolute atomic E-state index is 8.74. The maximum Gasteiger partial charge on any atom is 0.394 e. The summed E-state index contributed by atoms with van der Waals surface area (Å²) in [6.45, 7) is 4.52. The highest BCUT2D eigenvalue weighted by molar-refractivity contribution is 7.79. The number of nitrogens with zero attached hydrogens (tertiary/aromatic N) is 1. The molecule has 98 valence electrons. The second kappa shape index (κ2) is 16.4. The molecule has 0 unspecified atom stereocenters. The molecule has 9 nitrogen and oxygen atoms in total. The van der Waals surface area contributed by atoms with Gasteiger partial charge in [0.25, 0.3) is 0 Å². The van der Waals surface area contributed by atoms with Crippen LogP contribution in [-0.4, -0.2) is 47.4 Å². The van der Waals surface area contributed by atoms with Gasteiger partial charge in [-0.3, -0.25) is 9.11 Å². The van der Waals surface area contributed by atoms with Gasteiger partial charge in [-0.15, -0.1) is 6.58 Å². The topological polar surface area (TPSA) is 163 Å². The number of oxime groups is 1. The molecule has 0 spiro atoms. The Morgan fingerprint density at radius 3 is 2.12 bits per heavy atom. The van der Waals surface area contributed by atoms with Crippen molar-refractivity contribution < 1.29 is 32.7 Å². The summed E-state index contributed by atoms with van der Waals surface area (Å²) in [5.74, 6) is 3.50. The monoisotopic (exact) mass is 260 g/mol. The standard InChI is InChI=1S/C6H11NO2.H3NO.H2O4S/c1-2-3-5-9-6-4-7-8;1-2;1-5(2,3)4/h2,4,8H,1,3,5-6H2;2H,1H2;(H2,1,2,3,4). The molecule has 0 aliphatic heterocycles. The average Bonchev–Trinajstić information content (AvgIpc) is 2.18. The van der Waals surface area contributed by atoms with E-state index in [0.717, 1.165) is 6.42 Å². The Bertz CT molecular complexity index is 244. The van der Waals surface area contributed by atoms with E-state index in [1.807, 2.05) is 0 Å². The largest absolute Gasteiger partial charge is 0.411 e.